The number of nitrogens with one attached hydrogen (secondary N) is 1. The summed E-state index contributed by atoms with van der Waals surface area (Å²) in [6.45, 7) is 3.98. The van der Waals surface area contributed by atoms with E-state index >= 15 is 0 Å². The second-order valence-corrected chi connectivity index (χ2v) is 9.62. The number of hydrogen-bond acceptors (Lipinski definition) is 6. The van der Waals surface area contributed by atoms with Gasteiger partial charge in [0.25, 0.3) is 15.7 Å². The molecule has 2 aromatic carbocycles. The molecule has 0 aliphatic carbocycles. The SMILES string of the molecule is CCN(CC)S(=O)(=O)c1ccc(S(=O)(=O)Nc2ccc(Cl)c([N+](=O)[O-])c2)cc1. The van der Waals surface area contributed by atoms with E-state index < -0.39 is 30.7 Å². The quantitative estimate of drug-likeness (QED) is 0.489. The highest BCUT2D eigenvalue weighted by molar-refractivity contribution is 7.92. The Morgan fingerprint density at radius 3 is 2.04 bits per heavy atom. The Morgan fingerprint density at radius 2 is 1.54 bits per heavy atom. The molecular formula is C16H18ClN3O6S2. The molecular weight excluding hydrogens is 430 g/mol. The molecule has 1 N–H and O–H groups in total. The third-order valence-electron chi connectivity index (χ3n) is 3.87. The van der Waals surface area contributed by atoms with Gasteiger partial charge in [0.05, 0.1) is 20.4 Å². The van der Waals surface area contributed by atoms with Crippen LogP contribution in [-0.4, -0.2) is 39.2 Å². The zero-order valence-electron chi connectivity index (χ0n) is 15.0. The maximum Gasteiger partial charge on any atom is 0.289 e. The highest BCUT2D eigenvalue weighted by Gasteiger charge is 2.23. The molecule has 0 aliphatic rings. The second kappa shape index (κ2) is 8.43. The average molecular weight is 448 g/mol. The van der Waals surface area contributed by atoms with Gasteiger partial charge in [-0.1, -0.05) is 25.4 Å². The normalized spacial score (nSPS) is 12.1. The van der Waals surface area contributed by atoms with Crippen LogP contribution in [0.4, 0.5) is 11.4 Å². The molecule has 0 amide bonds. The van der Waals surface area contributed by atoms with E-state index in [2.05, 4.69) is 4.72 Å². The molecule has 2 aromatic rings. The number of sulfonamides is 2. The molecule has 0 saturated carbocycles. The zero-order chi connectivity index (χ0) is 21.1. The number of hydrogen-bond donors (Lipinski definition) is 1. The lowest BCUT2D eigenvalue weighted by Crippen LogP contribution is -2.30. The number of anilines is 1. The minimum absolute atomic E-state index is 0.0303. The number of nitro benzene ring substituents is 1. The van der Waals surface area contributed by atoms with Gasteiger partial charge in [-0.3, -0.25) is 14.8 Å². The molecule has 0 unspecified atom stereocenters. The molecule has 0 aliphatic heterocycles. The summed E-state index contributed by atoms with van der Waals surface area (Å²) in [6, 6.07) is 8.20. The van der Waals surface area contributed by atoms with Gasteiger partial charge in [-0.15, -0.1) is 0 Å². The van der Waals surface area contributed by atoms with Crippen LogP contribution in [0, 0.1) is 10.1 Å². The van der Waals surface area contributed by atoms with Crippen molar-refractivity contribution in [1.29, 1.82) is 0 Å². The van der Waals surface area contributed by atoms with Crippen molar-refractivity contribution >= 4 is 43.0 Å². The molecule has 0 spiro atoms. The van der Waals surface area contributed by atoms with Gasteiger partial charge in [-0.2, -0.15) is 4.31 Å². The Kier molecular flexibility index (Phi) is 6.65. The van der Waals surface area contributed by atoms with Gasteiger partial charge in [0.1, 0.15) is 5.02 Å². The molecule has 12 heteroatoms. The molecule has 9 nitrogen and oxygen atoms in total. The zero-order valence-corrected chi connectivity index (χ0v) is 17.4. The predicted molar refractivity (Wildman–Crippen MR) is 105 cm³/mol. The summed E-state index contributed by atoms with van der Waals surface area (Å²) >= 11 is 5.71. The van der Waals surface area contributed by atoms with E-state index in [4.69, 9.17) is 11.6 Å². The summed E-state index contributed by atoms with van der Waals surface area (Å²) in [5.74, 6) is 0. The van der Waals surface area contributed by atoms with Crippen molar-refractivity contribution in [3.8, 4) is 0 Å². The van der Waals surface area contributed by atoms with E-state index in [9.17, 15) is 26.9 Å². The molecule has 0 heterocycles. The van der Waals surface area contributed by atoms with Crippen LogP contribution in [0.5, 0.6) is 0 Å². The number of nitrogens with zero attached hydrogens (tertiary/aromatic N) is 2. The third kappa shape index (κ3) is 4.61. The molecule has 152 valence electrons. The standard InChI is InChI=1S/C16H18ClN3O6S2/c1-3-19(4-2)28(25,26)14-8-6-13(7-9-14)27(23,24)18-12-5-10-15(17)16(11-12)20(21)22/h5-11,18H,3-4H2,1-2H3. The Balaban J connectivity index is 2.33. The van der Waals surface area contributed by atoms with Crippen molar-refractivity contribution in [1.82, 2.24) is 4.31 Å². The second-order valence-electron chi connectivity index (χ2n) is 5.59. The van der Waals surface area contributed by atoms with Gasteiger partial charge < -0.3 is 0 Å². The van der Waals surface area contributed by atoms with E-state index in [0.717, 1.165) is 18.2 Å². The summed E-state index contributed by atoms with van der Waals surface area (Å²) in [7, 11) is -7.80. The average Bonchev–Trinajstić information content (AvgIpc) is 2.64. The fourth-order valence-electron chi connectivity index (χ4n) is 2.43. The van der Waals surface area contributed by atoms with Crippen LogP contribution in [-0.2, 0) is 20.0 Å². The van der Waals surface area contributed by atoms with E-state index in [1.54, 1.807) is 13.8 Å². The molecule has 0 saturated heterocycles. The fourth-order valence-corrected chi connectivity index (χ4v) is 5.13. The van der Waals surface area contributed by atoms with E-state index in [0.29, 0.717) is 0 Å². The fraction of sp³-hybridized carbons (Fsp3) is 0.250. The molecule has 0 aromatic heterocycles. The maximum atomic E-state index is 12.5. The van der Waals surface area contributed by atoms with E-state index in [-0.39, 0.29) is 33.6 Å². The lowest BCUT2D eigenvalue weighted by atomic mass is 10.3. The van der Waals surface area contributed by atoms with Gasteiger partial charge in [-0.25, -0.2) is 16.8 Å². The monoisotopic (exact) mass is 447 g/mol. The Labute approximate surface area is 168 Å². The van der Waals surface area contributed by atoms with Crippen molar-refractivity contribution in [2.45, 2.75) is 23.6 Å². The Morgan fingerprint density at radius 1 is 1.00 bits per heavy atom. The first-order valence-corrected chi connectivity index (χ1v) is 11.4. The molecule has 28 heavy (non-hydrogen) atoms. The van der Waals surface area contributed by atoms with Gasteiger partial charge in [0.2, 0.25) is 10.0 Å². The Hall–Kier alpha value is -2.21. The highest BCUT2D eigenvalue weighted by Crippen LogP contribution is 2.28. The van der Waals surface area contributed by atoms with Crippen molar-refractivity contribution < 1.29 is 21.8 Å². The summed E-state index contributed by atoms with van der Waals surface area (Å²) < 4.78 is 53.4. The third-order valence-corrected chi connectivity index (χ3v) is 7.65. The minimum Gasteiger partial charge on any atom is -0.279 e. The first-order chi connectivity index (χ1) is 13.0. The first kappa shape index (κ1) is 22.1. The molecule has 0 bridgehead atoms. The lowest BCUT2D eigenvalue weighted by Gasteiger charge is -2.18. The minimum atomic E-state index is -4.09. The van der Waals surface area contributed by atoms with Crippen LogP contribution in [0.1, 0.15) is 13.8 Å². The van der Waals surface area contributed by atoms with E-state index in [1.165, 1.54) is 28.6 Å². The van der Waals surface area contributed by atoms with Gasteiger partial charge in [-0.05, 0) is 36.4 Å². The van der Waals surface area contributed by atoms with Gasteiger partial charge in [0, 0.05) is 19.2 Å². The summed E-state index contributed by atoms with van der Waals surface area (Å²) in [5, 5.41) is 10.8. The van der Waals surface area contributed by atoms with Crippen LogP contribution in [0.2, 0.25) is 5.02 Å². The highest BCUT2D eigenvalue weighted by atomic mass is 35.5. The number of halogens is 1. The summed E-state index contributed by atoms with van der Waals surface area (Å²) in [6.07, 6.45) is 0. The molecule has 2 rings (SSSR count). The van der Waals surface area contributed by atoms with Crippen LogP contribution >= 0.6 is 11.6 Å². The topological polar surface area (TPSA) is 127 Å². The van der Waals surface area contributed by atoms with Crippen LogP contribution < -0.4 is 4.72 Å². The van der Waals surface area contributed by atoms with Crippen LogP contribution in [0.3, 0.4) is 0 Å². The molecule has 0 fully saturated rings. The predicted octanol–water partition coefficient (Wildman–Crippen LogP) is 3.08. The number of benzene rings is 2. The van der Waals surface area contributed by atoms with Gasteiger partial charge >= 0.3 is 0 Å². The largest absolute Gasteiger partial charge is 0.289 e. The molecule has 0 atom stereocenters. The van der Waals surface area contributed by atoms with Crippen molar-refractivity contribution in [2.75, 3.05) is 17.8 Å². The van der Waals surface area contributed by atoms with Crippen LogP contribution in [0.25, 0.3) is 0 Å². The number of rotatable bonds is 8. The smallest absolute Gasteiger partial charge is 0.279 e. The first-order valence-electron chi connectivity index (χ1n) is 8.10. The van der Waals surface area contributed by atoms with Crippen LogP contribution in [0.15, 0.2) is 52.3 Å². The van der Waals surface area contributed by atoms with Gasteiger partial charge in [0.15, 0.2) is 0 Å². The summed E-state index contributed by atoms with van der Waals surface area (Å²) in [5.41, 5.74) is -0.488. The Bertz CT molecular complexity index is 1080. The summed E-state index contributed by atoms with van der Waals surface area (Å²) in [4.78, 5) is 9.98. The maximum absolute atomic E-state index is 12.5. The van der Waals surface area contributed by atoms with Crippen molar-refractivity contribution in [2.24, 2.45) is 0 Å². The lowest BCUT2D eigenvalue weighted by molar-refractivity contribution is -0.384. The van der Waals surface area contributed by atoms with E-state index in [1.807, 2.05) is 0 Å². The molecule has 0 radical (unpaired) electrons. The van der Waals surface area contributed by atoms with Crippen molar-refractivity contribution in [3.05, 3.63) is 57.6 Å². The number of nitro groups is 1. The van der Waals surface area contributed by atoms with Crippen molar-refractivity contribution in [3.63, 3.8) is 0 Å².